The molecule has 1 saturated heterocycles. The molecule has 5 nitrogen and oxygen atoms in total. The molecule has 0 atom stereocenters. The Morgan fingerprint density at radius 3 is 2.95 bits per heavy atom. The normalized spacial score (nSPS) is 20.6. The van der Waals surface area contributed by atoms with Crippen molar-refractivity contribution in [3.8, 4) is 5.88 Å². The van der Waals surface area contributed by atoms with E-state index < -0.39 is 0 Å². The quantitative estimate of drug-likeness (QED) is 0.688. The van der Waals surface area contributed by atoms with Gasteiger partial charge in [0.1, 0.15) is 0 Å². The molecule has 3 rings (SSSR count). The summed E-state index contributed by atoms with van der Waals surface area (Å²) in [5.41, 5.74) is 1.62. The number of hydrogen-bond donors (Lipinski definition) is 1. The number of aromatic nitrogens is 1. The summed E-state index contributed by atoms with van der Waals surface area (Å²) in [6.45, 7) is 2.95. The first kappa shape index (κ1) is 15.1. The van der Waals surface area contributed by atoms with Gasteiger partial charge in [-0.3, -0.25) is 4.99 Å². The highest BCUT2D eigenvalue weighted by Gasteiger charge is 2.41. The Morgan fingerprint density at radius 1 is 1.41 bits per heavy atom. The lowest BCUT2D eigenvalue weighted by Crippen LogP contribution is -2.40. The number of likely N-dealkylation sites (tertiary alicyclic amines) is 1. The Kier molecular flexibility index (Phi) is 4.50. The van der Waals surface area contributed by atoms with Crippen molar-refractivity contribution in [2.75, 3.05) is 27.2 Å². The van der Waals surface area contributed by atoms with Crippen molar-refractivity contribution >= 4 is 5.96 Å². The fourth-order valence-electron chi connectivity index (χ4n) is 3.90. The van der Waals surface area contributed by atoms with E-state index in [1.807, 2.05) is 19.2 Å². The third-order valence-electron chi connectivity index (χ3n) is 5.09. The number of aliphatic imine (C=N–C) groups is 1. The molecular weight excluding hydrogens is 276 g/mol. The SMILES string of the molecule is CN=C(NCc1cccnc1OC)N1CCC2(CCCC2)C1. The van der Waals surface area contributed by atoms with Crippen LogP contribution in [-0.4, -0.2) is 43.1 Å². The van der Waals surface area contributed by atoms with Crippen molar-refractivity contribution in [3.63, 3.8) is 0 Å². The van der Waals surface area contributed by atoms with Crippen LogP contribution >= 0.6 is 0 Å². The second-order valence-electron chi connectivity index (χ2n) is 6.45. The van der Waals surface area contributed by atoms with E-state index in [0.717, 1.165) is 24.6 Å². The first-order chi connectivity index (χ1) is 10.8. The van der Waals surface area contributed by atoms with Gasteiger partial charge >= 0.3 is 0 Å². The highest BCUT2D eigenvalue weighted by molar-refractivity contribution is 5.80. The molecule has 1 saturated carbocycles. The summed E-state index contributed by atoms with van der Waals surface area (Å²) in [7, 11) is 3.52. The van der Waals surface area contributed by atoms with Crippen LogP contribution in [-0.2, 0) is 6.54 Å². The van der Waals surface area contributed by atoms with Gasteiger partial charge in [-0.25, -0.2) is 4.98 Å². The summed E-state index contributed by atoms with van der Waals surface area (Å²) in [6, 6.07) is 3.97. The number of rotatable bonds is 3. The van der Waals surface area contributed by atoms with Crippen LogP contribution in [0, 0.1) is 5.41 Å². The third-order valence-corrected chi connectivity index (χ3v) is 5.09. The maximum Gasteiger partial charge on any atom is 0.218 e. The molecule has 0 amide bonds. The number of methoxy groups -OCH3 is 1. The predicted octanol–water partition coefficient (Wildman–Crippen LogP) is 2.43. The summed E-state index contributed by atoms with van der Waals surface area (Å²) < 4.78 is 5.31. The Labute approximate surface area is 132 Å². The van der Waals surface area contributed by atoms with Crippen molar-refractivity contribution < 1.29 is 4.74 Å². The summed E-state index contributed by atoms with van der Waals surface area (Å²) in [5, 5.41) is 3.46. The first-order valence-corrected chi connectivity index (χ1v) is 8.20. The summed E-state index contributed by atoms with van der Waals surface area (Å²) >= 11 is 0. The number of nitrogens with one attached hydrogen (secondary N) is 1. The van der Waals surface area contributed by atoms with Gasteiger partial charge in [-0.15, -0.1) is 0 Å². The second kappa shape index (κ2) is 6.55. The highest BCUT2D eigenvalue weighted by atomic mass is 16.5. The van der Waals surface area contributed by atoms with Crippen LogP contribution in [0.5, 0.6) is 5.88 Å². The third kappa shape index (κ3) is 3.03. The van der Waals surface area contributed by atoms with E-state index in [4.69, 9.17) is 4.74 Å². The minimum Gasteiger partial charge on any atom is -0.481 e. The van der Waals surface area contributed by atoms with Gasteiger partial charge in [0, 0.05) is 38.4 Å². The maximum atomic E-state index is 5.31. The summed E-state index contributed by atoms with van der Waals surface area (Å²) in [5.74, 6) is 1.67. The Hall–Kier alpha value is -1.78. The Bertz CT molecular complexity index is 537. The molecule has 2 aliphatic rings. The molecule has 2 heterocycles. The van der Waals surface area contributed by atoms with Gasteiger partial charge in [0.2, 0.25) is 5.88 Å². The molecule has 1 aromatic rings. The molecule has 0 unspecified atom stereocenters. The van der Waals surface area contributed by atoms with E-state index in [2.05, 4.69) is 20.2 Å². The lowest BCUT2D eigenvalue weighted by atomic mass is 9.86. The van der Waals surface area contributed by atoms with Crippen molar-refractivity contribution in [1.29, 1.82) is 0 Å². The van der Waals surface area contributed by atoms with E-state index in [-0.39, 0.29) is 0 Å². The van der Waals surface area contributed by atoms with E-state index in [9.17, 15) is 0 Å². The predicted molar refractivity (Wildman–Crippen MR) is 88.1 cm³/mol. The number of guanidine groups is 1. The van der Waals surface area contributed by atoms with Gasteiger partial charge in [0.25, 0.3) is 0 Å². The van der Waals surface area contributed by atoms with E-state index in [0.29, 0.717) is 17.8 Å². The topological polar surface area (TPSA) is 49.8 Å². The lowest BCUT2D eigenvalue weighted by molar-refractivity contribution is 0.309. The standard InChI is InChI=1S/C17H26N4O/c1-18-16(20-12-14-6-5-10-19-15(14)22-2)21-11-9-17(13-21)7-3-4-8-17/h5-6,10H,3-4,7-9,11-13H2,1-2H3,(H,18,20). The Balaban J connectivity index is 1.61. The highest BCUT2D eigenvalue weighted by Crippen LogP contribution is 2.45. The largest absolute Gasteiger partial charge is 0.481 e. The smallest absolute Gasteiger partial charge is 0.218 e. The average Bonchev–Trinajstić information content (AvgIpc) is 3.19. The molecule has 5 heteroatoms. The van der Waals surface area contributed by atoms with Crippen molar-refractivity contribution in [2.24, 2.45) is 10.4 Å². The molecule has 22 heavy (non-hydrogen) atoms. The first-order valence-electron chi connectivity index (χ1n) is 8.20. The second-order valence-corrected chi connectivity index (χ2v) is 6.45. The lowest BCUT2D eigenvalue weighted by Gasteiger charge is -2.26. The molecule has 0 radical (unpaired) electrons. The van der Waals surface area contributed by atoms with Crippen molar-refractivity contribution in [3.05, 3.63) is 23.9 Å². The average molecular weight is 302 g/mol. The minimum absolute atomic E-state index is 0.559. The number of ether oxygens (including phenoxy) is 1. The van der Waals surface area contributed by atoms with Crippen molar-refractivity contribution in [1.82, 2.24) is 15.2 Å². The van der Waals surface area contributed by atoms with E-state index in [1.54, 1.807) is 13.3 Å². The molecule has 0 aromatic carbocycles. The fraction of sp³-hybridized carbons (Fsp3) is 0.647. The molecule has 0 bridgehead atoms. The number of nitrogens with zero attached hydrogens (tertiary/aromatic N) is 3. The van der Waals surface area contributed by atoms with Crippen LogP contribution in [0.4, 0.5) is 0 Å². The molecule has 1 aliphatic heterocycles. The molecule has 2 fully saturated rings. The van der Waals surface area contributed by atoms with Gasteiger partial charge in [0.15, 0.2) is 5.96 Å². The van der Waals surface area contributed by atoms with E-state index in [1.165, 1.54) is 32.1 Å². The van der Waals surface area contributed by atoms with Crippen LogP contribution in [0.1, 0.15) is 37.7 Å². The molecule has 120 valence electrons. The van der Waals surface area contributed by atoms with Crippen LogP contribution in [0.2, 0.25) is 0 Å². The van der Waals surface area contributed by atoms with Gasteiger partial charge in [-0.1, -0.05) is 18.9 Å². The summed E-state index contributed by atoms with van der Waals surface area (Å²) in [6.07, 6.45) is 8.62. The maximum absolute atomic E-state index is 5.31. The van der Waals surface area contributed by atoms with Crippen LogP contribution in [0.3, 0.4) is 0 Å². The van der Waals surface area contributed by atoms with Crippen LogP contribution < -0.4 is 10.1 Å². The van der Waals surface area contributed by atoms with Gasteiger partial charge in [-0.05, 0) is 30.7 Å². The van der Waals surface area contributed by atoms with Crippen LogP contribution in [0.25, 0.3) is 0 Å². The molecule has 1 N–H and O–H groups in total. The zero-order valence-electron chi connectivity index (χ0n) is 13.6. The Morgan fingerprint density at radius 2 is 2.23 bits per heavy atom. The zero-order valence-corrected chi connectivity index (χ0v) is 13.6. The van der Waals surface area contributed by atoms with E-state index >= 15 is 0 Å². The molecule has 1 spiro atoms. The van der Waals surface area contributed by atoms with Gasteiger partial charge in [-0.2, -0.15) is 0 Å². The zero-order chi connectivity index (χ0) is 15.4. The van der Waals surface area contributed by atoms with Crippen molar-refractivity contribution in [2.45, 2.75) is 38.6 Å². The monoisotopic (exact) mass is 302 g/mol. The van der Waals surface area contributed by atoms with Gasteiger partial charge in [0.05, 0.1) is 7.11 Å². The van der Waals surface area contributed by atoms with Gasteiger partial charge < -0.3 is 15.0 Å². The molecular formula is C17H26N4O. The van der Waals surface area contributed by atoms with Crippen LogP contribution in [0.15, 0.2) is 23.3 Å². The molecule has 1 aromatic heterocycles. The number of pyridine rings is 1. The minimum atomic E-state index is 0.559. The number of hydrogen-bond acceptors (Lipinski definition) is 3. The summed E-state index contributed by atoms with van der Waals surface area (Å²) in [4.78, 5) is 11.1. The fourth-order valence-corrected chi connectivity index (χ4v) is 3.90. The molecule has 1 aliphatic carbocycles.